The lowest BCUT2D eigenvalue weighted by Crippen LogP contribution is -2.31. The summed E-state index contributed by atoms with van der Waals surface area (Å²) in [4.78, 5) is 33.9. The monoisotopic (exact) mass is 510 g/mol. The van der Waals surface area contributed by atoms with Gasteiger partial charge in [-0.2, -0.15) is 5.10 Å². The predicted octanol–water partition coefficient (Wildman–Crippen LogP) is 2.43. The van der Waals surface area contributed by atoms with Crippen molar-refractivity contribution in [3.05, 3.63) is 64.3 Å². The first-order valence-electron chi connectivity index (χ1n) is 11.3. The first-order chi connectivity index (χ1) is 17.1. The second-order valence-electron chi connectivity index (χ2n) is 8.54. The molecule has 0 bridgehead atoms. The summed E-state index contributed by atoms with van der Waals surface area (Å²) in [5, 5.41) is 7.04. The molecule has 0 saturated carbocycles. The number of carbonyl (C=O) groups is 1. The number of nitrogens with zero attached hydrogens (tertiary/aromatic N) is 4. The van der Waals surface area contributed by atoms with Crippen LogP contribution in [0.4, 0.5) is 0 Å². The quantitative estimate of drug-likeness (QED) is 0.367. The van der Waals surface area contributed by atoms with Gasteiger partial charge in [-0.3, -0.25) is 24.2 Å². The summed E-state index contributed by atoms with van der Waals surface area (Å²) >= 11 is 0. The third-order valence-electron chi connectivity index (χ3n) is 5.39. The summed E-state index contributed by atoms with van der Waals surface area (Å²) in [6.45, 7) is 6.16. The van der Waals surface area contributed by atoms with E-state index in [9.17, 15) is 18.0 Å². The molecule has 36 heavy (non-hydrogen) atoms. The van der Waals surface area contributed by atoms with Crippen LogP contribution >= 0.6 is 0 Å². The second-order valence-corrected chi connectivity index (χ2v) is 10.2. The Morgan fingerprint density at radius 1 is 1.19 bits per heavy atom. The molecule has 4 aromatic rings. The molecule has 0 fully saturated rings. The molecule has 3 aromatic heterocycles. The number of pyridine rings is 1. The Bertz CT molecular complexity index is 1590. The van der Waals surface area contributed by atoms with Gasteiger partial charge in [0.1, 0.15) is 22.8 Å². The lowest BCUT2D eigenvalue weighted by atomic mass is 10.1. The van der Waals surface area contributed by atoms with Crippen molar-refractivity contribution in [2.24, 2.45) is 13.0 Å². The summed E-state index contributed by atoms with van der Waals surface area (Å²) in [5.41, 5.74) is 1.17. The van der Waals surface area contributed by atoms with Crippen molar-refractivity contribution in [3.8, 4) is 17.1 Å². The maximum Gasteiger partial charge on any atom is 0.283 e. The number of H-pyrrole nitrogens is 1. The zero-order valence-corrected chi connectivity index (χ0v) is 21.1. The standard InChI is InChI=1S/C24H26N6O5S/c1-5-35-19-10-9-15(36(33,34)29-23(31)17-8-6-7-11-25-17)13-16(19)22-26-20-18(12-14(2)3)27-28-21(20)24(32)30(22)4/h6-11,13-14H,5,12H2,1-4H3,(H,27,28)(H,29,31). The van der Waals surface area contributed by atoms with Gasteiger partial charge in [0.25, 0.3) is 21.5 Å². The Hall–Kier alpha value is -4.06. The summed E-state index contributed by atoms with van der Waals surface area (Å²) in [6.07, 6.45) is 2.02. The minimum atomic E-state index is -4.28. The molecular weight excluding hydrogens is 484 g/mol. The molecule has 0 spiro atoms. The second kappa shape index (κ2) is 9.90. The van der Waals surface area contributed by atoms with Crippen molar-refractivity contribution < 1.29 is 17.9 Å². The molecule has 0 atom stereocenters. The Morgan fingerprint density at radius 2 is 1.97 bits per heavy atom. The molecular formula is C24H26N6O5S. The summed E-state index contributed by atoms with van der Waals surface area (Å²) in [5.74, 6) is -0.0356. The van der Waals surface area contributed by atoms with Gasteiger partial charge in [0.05, 0.1) is 22.8 Å². The number of benzene rings is 1. The maximum atomic E-state index is 13.1. The Kier molecular flexibility index (Phi) is 6.88. The van der Waals surface area contributed by atoms with Crippen molar-refractivity contribution in [1.29, 1.82) is 0 Å². The van der Waals surface area contributed by atoms with E-state index in [4.69, 9.17) is 9.72 Å². The summed E-state index contributed by atoms with van der Waals surface area (Å²) < 4.78 is 35.2. The van der Waals surface area contributed by atoms with Crippen LogP contribution < -0.4 is 15.0 Å². The molecule has 1 amide bonds. The highest BCUT2D eigenvalue weighted by Crippen LogP contribution is 2.32. The number of carbonyl (C=O) groups excluding carboxylic acids is 1. The van der Waals surface area contributed by atoms with Crippen LogP contribution in [0.2, 0.25) is 0 Å². The molecule has 0 aliphatic heterocycles. The first-order valence-corrected chi connectivity index (χ1v) is 12.8. The molecule has 2 N–H and O–H groups in total. The molecule has 0 unspecified atom stereocenters. The Balaban J connectivity index is 1.84. The molecule has 0 radical (unpaired) electrons. The fourth-order valence-corrected chi connectivity index (χ4v) is 4.72. The Morgan fingerprint density at radius 3 is 2.64 bits per heavy atom. The van der Waals surface area contributed by atoms with Crippen molar-refractivity contribution in [1.82, 2.24) is 29.5 Å². The minimum Gasteiger partial charge on any atom is -0.493 e. The van der Waals surface area contributed by atoms with E-state index in [1.807, 2.05) is 18.6 Å². The van der Waals surface area contributed by atoms with E-state index >= 15 is 0 Å². The van der Waals surface area contributed by atoms with Crippen LogP contribution in [-0.4, -0.2) is 45.7 Å². The highest BCUT2D eigenvalue weighted by molar-refractivity contribution is 7.90. The van der Waals surface area contributed by atoms with E-state index < -0.39 is 15.9 Å². The lowest BCUT2D eigenvalue weighted by Gasteiger charge is -2.15. The normalized spacial score (nSPS) is 11.7. The van der Waals surface area contributed by atoms with E-state index in [0.717, 1.165) is 0 Å². The van der Waals surface area contributed by atoms with E-state index in [2.05, 4.69) is 15.2 Å². The maximum absolute atomic E-state index is 13.1. The molecule has 0 aliphatic carbocycles. The molecule has 1 aromatic carbocycles. The average molecular weight is 511 g/mol. The van der Waals surface area contributed by atoms with Gasteiger partial charge in [0.2, 0.25) is 0 Å². The third kappa shape index (κ3) is 4.85. The van der Waals surface area contributed by atoms with E-state index in [1.165, 1.54) is 42.1 Å². The molecule has 11 nitrogen and oxygen atoms in total. The fraction of sp³-hybridized carbons (Fsp3) is 0.292. The number of nitrogens with one attached hydrogen (secondary N) is 2. The van der Waals surface area contributed by atoms with Gasteiger partial charge in [-0.15, -0.1) is 0 Å². The predicted molar refractivity (Wildman–Crippen MR) is 133 cm³/mol. The van der Waals surface area contributed by atoms with Gasteiger partial charge in [-0.25, -0.2) is 18.1 Å². The van der Waals surface area contributed by atoms with Crippen molar-refractivity contribution in [2.75, 3.05) is 6.61 Å². The zero-order valence-electron chi connectivity index (χ0n) is 20.3. The number of aromatic amines is 1. The first kappa shape index (κ1) is 25.0. The topological polar surface area (TPSA) is 149 Å². The average Bonchev–Trinajstić information content (AvgIpc) is 3.24. The Labute approximate surface area is 207 Å². The summed E-state index contributed by atoms with van der Waals surface area (Å²) in [6, 6.07) is 8.72. The molecule has 4 rings (SSSR count). The highest BCUT2D eigenvalue weighted by Gasteiger charge is 2.24. The number of rotatable bonds is 8. The van der Waals surface area contributed by atoms with Crippen LogP contribution in [0.3, 0.4) is 0 Å². The molecule has 12 heteroatoms. The number of aromatic nitrogens is 5. The van der Waals surface area contributed by atoms with E-state index in [1.54, 1.807) is 19.1 Å². The van der Waals surface area contributed by atoms with Gasteiger partial charge in [-0.1, -0.05) is 19.9 Å². The molecule has 3 heterocycles. The van der Waals surface area contributed by atoms with Gasteiger partial charge >= 0.3 is 0 Å². The van der Waals surface area contributed by atoms with Gasteiger partial charge < -0.3 is 4.74 Å². The van der Waals surface area contributed by atoms with Gasteiger partial charge in [-0.05, 0) is 49.6 Å². The number of hydrogen-bond acceptors (Lipinski definition) is 8. The lowest BCUT2D eigenvalue weighted by molar-refractivity contribution is 0.0976. The van der Waals surface area contributed by atoms with Crippen LogP contribution in [0.5, 0.6) is 5.75 Å². The van der Waals surface area contributed by atoms with E-state index in [0.29, 0.717) is 30.0 Å². The van der Waals surface area contributed by atoms with Crippen molar-refractivity contribution in [3.63, 3.8) is 0 Å². The smallest absolute Gasteiger partial charge is 0.283 e. The minimum absolute atomic E-state index is 0.0422. The molecule has 0 saturated heterocycles. The van der Waals surface area contributed by atoms with Gasteiger partial charge in [0, 0.05) is 13.2 Å². The summed E-state index contributed by atoms with van der Waals surface area (Å²) in [7, 11) is -2.75. The third-order valence-corrected chi connectivity index (χ3v) is 6.72. The number of sulfonamides is 1. The molecule has 188 valence electrons. The van der Waals surface area contributed by atoms with Crippen molar-refractivity contribution in [2.45, 2.75) is 32.1 Å². The zero-order chi connectivity index (χ0) is 26.0. The van der Waals surface area contributed by atoms with Crippen LogP contribution in [0, 0.1) is 5.92 Å². The number of hydrogen-bond donors (Lipinski definition) is 2. The van der Waals surface area contributed by atoms with Crippen LogP contribution in [0.25, 0.3) is 22.4 Å². The van der Waals surface area contributed by atoms with Crippen LogP contribution in [0.1, 0.15) is 37.0 Å². The number of ether oxygens (including phenoxy) is 1. The van der Waals surface area contributed by atoms with Crippen molar-refractivity contribution >= 4 is 27.0 Å². The van der Waals surface area contributed by atoms with Gasteiger partial charge in [0.15, 0.2) is 5.52 Å². The molecule has 0 aliphatic rings. The largest absolute Gasteiger partial charge is 0.493 e. The highest BCUT2D eigenvalue weighted by atomic mass is 32.2. The number of amides is 1. The van der Waals surface area contributed by atoms with E-state index in [-0.39, 0.29) is 39.0 Å². The number of fused-ring (bicyclic) bond motifs is 1. The van der Waals surface area contributed by atoms with Crippen LogP contribution in [0.15, 0.2) is 52.3 Å². The van der Waals surface area contributed by atoms with Crippen LogP contribution in [-0.2, 0) is 23.5 Å². The SMILES string of the molecule is CCOc1ccc(S(=O)(=O)NC(=O)c2ccccn2)cc1-c1nc2c(CC(C)C)[nH]nc2c(=O)n1C. The fourth-order valence-electron chi connectivity index (χ4n) is 3.73.